The quantitative estimate of drug-likeness (QED) is 0.0949. The molecular formula is C62H97F5O14. The van der Waals surface area contributed by atoms with Crippen LogP contribution in [0, 0.1) is 69.0 Å². The summed E-state index contributed by atoms with van der Waals surface area (Å²) < 4.78 is 103. The Balaban J connectivity index is 0.000000156. The number of carbonyl (C=O) groups excluding carboxylic acids is 5. The molecule has 4 saturated heterocycles. The van der Waals surface area contributed by atoms with Crippen LogP contribution in [0.4, 0.5) is 22.0 Å². The van der Waals surface area contributed by atoms with Gasteiger partial charge in [0.05, 0.1) is 45.9 Å². The third-order valence-corrected chi connectivity index (χ3v) is 21.7. The van der Waals surface area contributed by atoms with E-state index in [0.29, 0.717) is 43.9 Å². The highest BCUT2D eigenvalue weighted by Crippen LogP contribution is 2.62. The fourth-order valence-corrected chi connectivity index (χ4v) is 15.0. The largest absolute Gasteiger partial charge is 0.459 e. The van der Waals surface area contributed by atoms with E-state index in [9.17, 15) is 56.1 Å². The molecule has 4 heterocycles. The van der Waals surface area contributed by atoms with Gasteiger partial charge in [-0.25, -0.2) is 0 Å². The lowest BCUT2D eigenvalue weighted by Crippen LogP contribution is -2.63. The Morgan fingerprint density at radius 1 is 0.654 bits per heavy atom. The summed E-state index contributed by atoms with van der Waals surface area (Å²) >= 11 is 0. The summed E-state index contributed by atoms with van der Waals surface area (Å²) in [5.41, 5.74) is -6.40. The van der Waals surface area contributed by atoms with Crippen LogP contribution in [0.2, 0.25) is 0 Å². The Morgan fingerprint density at radius 2 is 1.19 bits per heavy atom. The van der Waals surface area contributed by atoms with Crippen molar-refractivity contribution in [2.75, 3.05) is 6.61 Å². The number of alkyl halides is 5. The number of ether oxygens (including phenoxy) is 7. The Morgan fingerprint density at radius 3 is 1.65 bits per heavy atom. The molecule has 7 saturated carbocycles. The van der Waals surface area contributed by atoms with Gasteiger partial charge >= 0.3 is 47.7 Å². The zero-order valence-electron chi connectivity index (χ0n) is 51.0. The molecule has 0 aromatic heterocycles. The van der Waals surface area contributed by atoms with Gasteiger partial charge in [-0.05, 0) is 201 Å². The fraction of sp³-hybridized carbons (Fsp3) is 0.919. The Hall–Kier alpha value is -3.16. The summed E-state index contributed by atoms with van der Waals surface area (Å²) in [7, 11) is 0. The van der Waals surface area contributed by atoms with Crippen molar-refractivity contribution in [2.24, 2.45) is 69.0 Å². The second kappa shape index (κ2) is 22.6. The summed E-state index contributed by atoms with van der Waals surface area (Å²) in [5.74, 6) is -6.12. The molecule has 19 heteroatoms. The molecule has 464 valence electrons. The zero-order valence-corrected chi connectivity index (χ0v) is 51.0. The van der Waals surface area contributed by atoms with Crippen LogP contribution in [0.25, 0.3) is 0 Å². The second-order valence-electron chi connectivity index (χ2n) is 29.4. The van der Waals surface area contributed by atoms with Gasteiger partial charge in [-0.2, -0.15) is 22.0 Å². The maximum atomic E-state index is 14.0. The van der Waals surface area contributed by atoms with Crippen LogP contribution < -0.4 is 0 Å². The lowest BCUT2D eigenvalue weighted by molar-refractivity contribution is -0.409. The van der Waals surface area contributed by atoms with Gasteiger partial charge in [0.1, 0.15) is 17.3 Å². The summed E-state index contributed by atoms with van der Waals surface area (Å²) in [5, 5.41) is 19.8. The fourth-order valence-electron chi connectivity index (χ4n) is 15.0. The van der Waals surface area contributed by atoms with Crippen LogP contribution in [0.3, 0.4) is 0 Å². The van der Waals surface area contributed by atoms with E-state index in [1.807, 2.05) is 55.4 Å². The number of aliphatic hydroxyl groups is 2. The topological polar surface area (TPSA) is 190 Å². The number of fused-ring (bicyclic) bond motifs is 3. The third kappa shape index (κ3) is 12.3. The lowest BCUT2D eigenvalue weighted by Gasteiger charge is -2.59. The Bertz CT molecular complexity index is 2320. The van der Waals surface area contributed by atoms with E-state index in [2.05, 4.69) is 30.2 Å². The van der Waals surface area contributed by atoms with Crippen molar-refractivity contribution < 1.29 is 89.3 Å². The number of halogens is 5. The average Bonchev–Trinajstić information content (AvgIpc) is 4.05. The normalized spacial score (nSPS) is 40.3. The molecule has 2 N–H and O–H groups in total. The summed E-state index contributed by atoms with van der Waals surface area (Å²) in [6, 6.07) is 0. The zero-order chi connectivity index (χ0) is 60.7. The van der Waals surface area contributed by atoms with Crippen LogP contribution in [0.15, 0.2) is 0 Å². The van der Waals surface area contributed by atoms with Gasteiger partial charge in [-0.3, -0.25) is 24.0 Å². The van der Waals surface area contributed by atoms with E-state index in [1.165, 1.54) is 52.4 Å². The highest BCUT2D eigenvalue weighted by atomic mass is 19.4. The van der Waals surface area contributed by atoms with E-state index < -0.39 is 70.1 Å². The van der Waals surface area contributed by atoms with Gasteiger partial charge in [0.2, 0.25) is 5.60 Å². The van der Waals surface area contributed by atoms with Gasteiger partial charge in [-0.15, -0.1) is 0 Å². The first-order valence-electron chi connectivity index (χ1n) is 30.5. The highest BCUT2D eigenvalue weighted by Gasteiger charge is 2.83. The van der Waals surface area contributed by atoms with Crippen LogP contribution in [0.1, 0.15) is 219 Å². The van der Waals surface area contributed by atoms with Crippen molar-refractivity contribution in [1.29, 1.82) is 0 Å². The monoisotopic (exact) mass is 1160 g/mol. The number of hydrogen-bond acceptors (Lipinski definition) is 14. The third-order valence-electron chi connectivity index (χ3n) is 21.7. The molecule has 81 heavy (non-hydrogen) atoms. The molecule has 0 radical (unpaired) electrons. The van der Waals surface area contributed by atoms with Crippen LogP contribution in [-0.2, 0) is 57.1 Å². The van der Waals surface area contributed by atoms with Gasteiger partial charge in [0.15, 0.2) is 12.2 Å². The minimum Gasteiger partial charge on any atom is -0.459 e. The summed E-state index contributed by atoms with van der Waals surface area (Å²) in [4.78, 5) is 60.6. The molecule has 0 aromatic carbocycles. The van der Waals surface area contributed by atoms with Crippen molar-refractivity contribution in [2.45, 2.75) is 284 Å². The SMILES string of the molecule is CCC(C)(C)C(=O)OC1(C)COC(O)(C(F)(F)F)C1(F)F.CCC(C)(C)C(=O)OC1(CC)CC2CC(C3CCC(C)C3)C1C2.CCC(C)(C)C(=O)OC12CC3CC(CC(O)(C3)C1)C2.CCC(C)(C)C(=O)OC1C2CC3C(=O)OC1C3O2. The molecule has 0 amide bonds. The van der Waals surface area contributed by atoms with Gasteiger partial charge in [0.25, 0.3) is 0 Å². The van der Waals surface area contributed by atoms with Crippen LogP contribution in [0.5, 0.6) is 0 Å². The minimum absolute atomic E-state index is 0.0351. The highest BCUT2D eigenvalue weighted by molar-refractivity contribution is 5.79. The van der Waals surface area contributed by atoms with Crippen LogP contribution >= 0.6 is 0 Å². The first-order valence-corrected chi connectivity index (χ1v) is 30.5. The van der Waals surface area contributed by atoms with Crippen molar-refractivity contribution in [1.82, 2.24) is 0 Å². The molecule has 11 rings (SSSR count). The average molecular weight is 1160 g/mol. The Kier molecular flexibility index (Phi) is 18.2. The molecule has 4 aliphatic heterocycles. The standard InChI is InChI=1S/C21H36O2.C16H26O3.C13H18O5.C12H17F5O4/c1-6-20(4,5)19(22)23-21(7-2)13-15-11-17(18(21)12-15)16-9-8-14(3)10-16;1-4-14(2,3)13(17)19-16-8-11-5-12(9-16)7-15(18,6-11)10-16;1-4-13(2,3)12(15)18-9-7-5-6-8(16-7)10(9)17-11(6)14;1-5-8(2,3)7(18)21-9(4)6-20-11(19,10(9,13)14)12(15,16)17/h14-18H,6-13H2,1-5H3;11-12,18H,4-10H2,1-3H3;6-10H,4-5H2,1-3H3;19H,5-6H2,1-4H3. The minimum atomic E-state index is -5.74. The Labute approximate surface area is 477 Å². The molecule has 15 atom stereocenters. The molecule has 0 spiro atoms. The predicted octanol–water partition coefficient (Wildman–Crippen LogP) is 12.3. The van der Waals surface area contributed by atoms with E-state index in [4.69, 9.17) is 23.7 Å². The van der Waals surface area contributed by atoms with Crippen molar-refractivity contribution in [3.63, 3.8) is 0 Å². The number of hydrogen-bond donors (Lipinski definition) is 2. The smallest absolute Gasteiger partial charge is 0.449 e. The number of esters is 5. The van der Waals surface area contributed by atoms with E-state index in [0.717, 1.165) is 75.0 Å². The maximum absolute atomic E-state index is 14.0. The van der Waals surface area contributed by atoms with E-state index >= 15 is 0 Å². The van der Waals surface area contributed by atoms with E-state index in [1.54, 1.807) is 6.92 Å². The molecule has 15 unspecified atom stereocenters. The number of rotatable bonds is 14. The van der Waals surface area contributed by atoms with Crippen molar-refractivity contribution >= 4 is 29.8 Å². The molecule has 0 aromatic rings. The first kappa shape index (κ1) is 65.4. The number of carbonyl (C=O) groups is 5. The predicted molar refractivity (Wildman–Crippen MR) is 288 cm³/mol. The van der Waals surface area contributed by atoms with E-state index in [-0.39, 0.29) is 65.0 Å². The molecule has 7 aliphatic carbocycles. The van der Waals surface area contributed by atoms with Crippen molar-refractivity contribution in [3.8, 4) is 0 Å². The summed E-state index contributed by atoms with van der Waals surface area (Å²) in [6.07, 6.45) is 11.0. The first-order chi connectivity index (χ1) is 37.2. The van der Waals surface area contributed by atoms with Gasteiger partial charge < -0.3 is 43.4 Å². The van der Waals surface area contributed by atoms with Crippen LogP contribution in [-0.4, -0.2) is 111 Å². The van der Waals surface area contributed by atoms with Gasteiger partial charge in [0, 0.05) is 12.3 Å². The molecule has 11 fully saturated rings. The molecular weight excluding hydrogens is 1060 g/mol. The second-order valence-corrected chi connectivity index (χ2v) is 29.4. The molecule has 8 bridgehead atoms. The maximum Gasteiger partial charge on any atom is 0.449 e. The van der Waals surface area contributed by atoms with Crippen molar-refractivity contribution in [3.05, 3.63) is 0 Å². The van der Waals surface area contributed by atoms with Gasteiger partial charge in [-0.1, -0.05) is 48.0 Å². The molecule has 11 aliphatic rings. The lowest BCUT2D eigenvalue weighted by atomic mass is 9.52. The molecule has 14 nitrogen and oxygen atoms in total. The summed E-state index contributed by atoms with van der Waals surface area (Å²) in [6.45, 7) is 26.1.